The Bertz CT molecular complexity index is 1230. The molecule has 6 nitrogen and oxygen atoms in total. The van der Waals surface area contributed by atoms with Crippen LogP contribution in [0, 0.1) is 11.7 Å². The fourth-order valence-electron chi connectivity index (χ4n) is 3.53. The van der Waals surface area contributed by atoms with Gasteiger partial charge in [-0.3, -0.25) is 4.79 Å². The van der Waals surface area contributed by atoms with Gasteiger partial charge in [-0.2, -0.15) is 9.61 Å². The van der Waals surface area contributed by atoms with E-state index in [1.54, 1.807) is 10.6 Å². The summed E-state index contributed by atoms with van der Waals surface area (Å²) in [7, 11) is -2.73. The Hall–Kier alpha value is -2.41. The van der Waals surface area contributed by atoms with Gasteiger partial charge in [0.2, 0.25) is 0 Å². The highest BCUT2D eigenvalue weighted by Gasteiger charge is 2.27. The van der Waals surface area contributed by atoms with Crippen LogP contribution in [0.4, 0.5) is 0 Å². The van der Waals surface area contributed by atoms with Crippen LogP contribution >= 0.6 is 0 Å². The molecule has 3 aromatic rings. The minimum Gasteiger partial charge on any atom is -0.328 e. The van der Waals surface area contributed by atoms with Crippen LogP contribution in [0.5, 0.6) is 0 Å². The number of fused-ring (bicyclic) bond motifs is 1. The van der Waals surface area contributed by atoms with Crippen LogP contribution in [0.2, 0.25) is 0 Å². The van der Waals surface area contributed by atoms with E-state index >= 15 is 0 Å². The maximum absolute atomic E-state index is 12.9. The number of benzene rings is 1. The molecule has 7 heteroatoms. The number of nitrogens with zero attached hydrogens (tertiary/aromatic N) is 3. The normalized spacial score (nSPS) is 16.6. The molecule has 0 aliphatic heterocycles. The molecular formula is C21H26N4O2S. The van der Waals surface area contributed by atoms with Crippen molar-refractivity contribution in [3.8, 4) is 0 Å². The lowest BCUT2D eigenvalue weighted by Crippen LogP contribution is -2.24. The van der Waals surface area contributed by atoms with Crippen molar-refractivity contribution in [3.63, 3.8) is 0 Å². The molecule has 1 atom stereocenters. The molecule has 1 aliphatic carbocycles. The first-order valence-corrected chi connectivity index (χ1v) is 11.6. The quantitative estimate of drug-likeness (QED) is 0.708. The fraction of sp³-hybridized carbons (Fsp3) is 0.429. The SMILES string of the molecule is Cc1cc([S@@](C)(=N)=O)ccc1Cn1cc(C(C)C)c(=O)n2nc(C3CC3)cc12. The molecule has 148 valence electrons. The number of aromatic nitrogens is 3. The summed E-state index contributed by atoms with van der Waals surface area (Å²) in [6.45, 7) is 6.60. The molecule has 0 radical (unpaired) electrons. The van der Waals surface area contributed by atoms with Crippen molar-refractivity contribution in [1.82, 2.24) is 14.2 Å². The van der Waals surface area contributed by atoms with Crippen LogP contribution < -0.4 is 5.56 Å². The number of aryl methyl sites for hydroxylation is 1. The fourth-order valence-corrected chi connectivity index (χ4v) is 4.26. The monoisotopic (exact) mass is 398 g/mol. The third kappa shape index (κ3) is 3.39. The number of rotatable bonds is 5. The van der Waals surface area contributed by atoms with E-state index in [0.717, 1.165) is 40.9 Å². The Morgan fingerprint density at radius 1 is 1.29 bits per heavy atom. The van der Waals surface area contributed by atoms with E-state index in [1.165, 1.54) is 6.26 Å². The van der Waals surface area contributed by atoms with Crippen LogP contribution in [0.3, 0.4) is 0 Å². The van der Waals surface area contributed by atoms with E-state index in [9.17, 15) is 9.00 Å². The minimum atomic E-state index is -2.73. The predicted molar refractivity (Wildman–Crippen MR) is 111 cm³/mol. The van der Waals surface area contributed by atoms with Crippen LogP contribution in [-0.4, -0.2) is 24.6 Å². The zero-order chi connectivity index (χ0) is 20.2. The highest BCUT2D eigenvalue weighted by Crippen LogP contribution is 2.39. The number of hydrogen-bond acceptors (Lipinski definition) is 4. The van der Waals surface area contributed by atoms with Gasteiger partial charge < -0.3 is 4.57 Å². The zero-order valence-electron chi connectivity index (χ0n) is 16.7. The van der Waals surface area contributed by atoms with E-state index < -0.39 is 9.73 Å². The lowest BCUT2D eigenvalue weighted by molar-refractivity contribution is 0.678. The molecule has 28 heavy (non-hydrogen) atoms. The summed E-state index contributed by atoms with van der Waals surface area (Å²) in [6.07, 6.45) is 5.66. The minimum absolute atomic E-state index is 0.0415. The highest BCUT2D eigenvalue weighted by molar-refractivity contribution is 7.91. The first-order valence-electron chi connectivity index (χ1n) is 9.61. The van der Waals surface area contributed by atoms with E-state index in [-0.39, 0.29) is 11.5 Å². The second-order valence-corrected chi connectivity index (χ2v) is 10.4. The molecule has 1 aromatic carbocycles. The molecule has 4 rings (SSSR count). The predicted octanol–water partition coefficient (Wildman–Crippen LogP) is 3.89. The summed E-state index contributed by atoms with van der Waals surface area (Å²) >= 11 is 0. The first-order chi connectivity index (χ1) is 13.1. The summed E-state index contributed by atoms with van der Waals surface area (Å²) in [5.74, 6) is 0.583. The maximum atomic E-state index is 12.9. The standard InChI is InChI=1S/C21H26N4O2S/c1-13(2)18-12-24(11-16-7-8-17(9-14(16)3)28(4,22)27)20-10-19(15-5-6-15)23-25(20)21(18)26/h7-10,12-13,15,22H,5-6,11H2,1-4H3/t28-/m0/s1. The molecule has 0 unspecified atom stereocenters. The van der Waals surface area contributed by atoms with Crippen molar-refractivity contribution >= 4 is 15.4 Å². The van der Waals surface area contributed by atoms with Gasteiger partial charge in [0, 0.05) is 41.4 Å². The zero-order valence-corrected chi connectivity index (χ0v) is 17.5. The summed E-state index contributed by atoms with van der Waals surface area (Å²) in [4.78, 5) is 13.4. The van der Waals surface area contributed by atoms with Crippen LogP contribution in [0.15, 0.2) is 40.2 Å². The molecule has 2 heterocycles. The summed E-state index contributed by atoms with van der Waals surface area (Å²) in [5.41, 5.74) is 4.57. The maximum Gasteiger partial charge on any atom is 0.277 e. The van der Waals surface area contributed by atoms with Crippen LogP contribution in [-0.2, 0) is 16.3 Å². The Labute approximate surface area is 165 Å². The van der Waals surface area contributed by atoms with E-state index in [2.05, 4.69) is 9.67 Å². The third-order valence-electron chi connectivity index (χ3n) is 5.46. The van der Waals surface area contributed by atoms with Gasteiger partial charge in [-0.05, 0) is 48.9 Å². The average molecular weight is 399 g/mol. The largest absolute Gasteiger partial charge is 0.328 e. The third-order valence-corrected chi connectivity index (χ3v) is 6.61. The molecule has 2 aromatic heterocycles. The summed E-state index contributed by atoms with van der Waals surface area (Å²) in [6, 6.07) is 7.58. The second kappa shape index (κ2) is 6.58. The first kappa shape index (κ1) is 18.9. The molecule has 0 amide bonds. The van der Waals surface area contributed by atoms with Crippen molar-refractivity contribution in [1.29, 1.82) is 4.78 Å². The van der Waals surface area contributed by atoms with Crippen molar-refractivity contribution < 1.29 is 4.21 Å². The highest BCUT2D eigenvalue weighted by atomic mass is 32.2. The van der Waals surface area contributed by atoms with E-state index in [4.69, 9.17) is 4.78 Å². The van der Waals surface area contributed by atoms with Crippen LogP contribution in [0.25, 0.3) is 5.65 Å². The van der Waals surface area contributed by atoms with Crippen molar-refractivity contribution in [3.05, 3.63) is 63.2 Å². The molecular weight excluding hydrogens is 372 g/mol. The van der Waals surface area contributed by atoms with Gasteiger partial charge in [0.25, 0.3) is 5.56 Å². The smallest absolute Gasteiger partial charge is 0.277 e. The molecule has 1 aliphatic rings. The Morgan fingerprint density at radius 3 is 2.57 bits per heavy atom. The van der Waals surface area contributed by atoms with Crippen molar-refractivity contribution in [2.75, 3.05) is 6.26 Å². The molecule has 1 N–H and O–H groups in total. The molecule has 1 fully saturated rings. The van der Waals surface area contributed by atoms with Crippen LogP contribution in [0.1, 0.15) is 60.9 Å². The summed E-state index contributed by atoms with van der Waals surface area (Å²) in [5, 5.41) is 4.61. The molecule has 1 saturated carbocycles. The molecule has 0 saturated heterocycles. The van der Waals surface area contributed by atoms with Gasteiger partial charge in [-0.1, -0.05) is 19.9 Å². The second-order valence-electron chi connectivity index (χ2n) is 8.22. The van der Waals surface area contributed by atoms with Gasteiger partial charge in [0.15, 0.2) is 0 Å². The van der Waals surface area contributed by atoms with Gasteiger partial charge in [0.1, 0.15) is 5.65 Å². The van der Waals surface area contributed by atoms with Crippen molar-refractivity contribution in [2.24, 2.45) is 0 Å². The number of nitrogens with one attached hydrogen (secondary N) is 1. The van der Waals surface area contributed by atoms with Gasteiger partial charge >= 0.3 is 0 Å². The topological polar surface area (TPSA) is 80.2 Å². The summed E-state index contributed by atoms with van der Waals surface area (Å²) < 4.78 is 23.5. The van der Waals surface area contributed by atoms with Gasteiger partial charge in [-0.25, -0.2) is 8.99 Å². The van der Waals surface area contributed by atoms with E-state index in [1.807, 2.05) is 45.2 Å². The number of hydrogen-bond donors (Lipinski definition) is 1. The van der Waals surface area contributed by atoms with E-state index in [0.29, 0.717) is 17.4 Å². The Kier molecular flexibility index (Phi) is 4.45. The molecule has 0 spiro atoms. The lowest BCUT2D eigenvalue weighted by Gasteiger charge is -2.15. The average Bonchev–Trinajstić information content (AvgIpc) is 3.36. The molecule has 0 bridgehead atoms. The Morgan fingerprint density at radius 2 is 2.00 bits per heavy atom. The Balaban J connectivity index is 1.84. The van der Waals surface area contributed by atoms with Crippen molar-refractivity contribution in [2.45, 2.75) is 56.9 Å². The van der Waals surface area contributed by atoms with Gasteiger partial charge in [-0.15, -0.1) is 0 Å². The van der Waals surface area contributed by atoms with Gasteiger partial charge in [0.05, 0.1) is 15.4 Å². The lowest BCUT2D eigenvalue weighted by atomic mass is 10.1.